The van der Waals surface area contributed by atoms with E-state index in [0.29, 0.717) is 30.9 Å². The average Bonchev–Trinajstić information content (AvgIpc) is 3.49. The highest BCUT2D eigenvalue weighted by molar-refractivity contribution is 6.04. The number of aliphatic hydroxyl groups excluding tert-OH is 1. The van der Waals surface area contributed by atoms with Crippen LogP contribution in [0.4, 0.5) is 5.69 Å². The predicted molar refractivity (Wildman–Crippen MR) is 154 cm³/mol. The van der Waals surface area contributed by atoms with Crippen molar-refractivity contribution < 1.29 is 14.6 Å². The van der Waals surface area contributed by atoms with Crippen molar-refractivity contribution in [1.29, 1.82) is 0 Å². The lowest BCUT2D eigenvalue weighted by Gasteiger charge is -2.36. The number of aromatic nitrogens is 5. The molecule has 1 aliphatic heterocycles. The summed E-state index contributed by atoms with van der Waals surface area (Å²) in [6, 6.07) is 9.51. The third-order valence-corrected chi connectivity index (χ3v) is 7.49. The molecule has 1 aliphatic rings. The number of rotatable bonds is 7. The van der Waals surface area contributed by atoms with Gasteiger partial charge in [0.25, 0.3) is 5.91 Å². The van der Waals surface area contributed by atoms with Crippen molar-refractivity contribution in [3.05, 3.63) is 70.7 Å². The highest BCUT2D eigenvalue weighted by Gasteiger charge is 2.28. The van der Waals surface area contributed by atoms with Crippen molar-refractivity contribution >= 4 is 11.6 Å². The smallest absolute Gasteiger partial charge is 0.255 e. The number of likely N-dealkylation sites (tertiary alicyclic amines) is 1. The number of aliphatic hydroxyl groups is 1. The third kappa shape index (κ3) is 5.37. The zero-order valence-corrected chi connectivity index (χ0v) is 24.2. The number of hydrogen-bond donors (Lipinski definition) is 2. The second-order valence-electron chi connectivity index (χ2n) is 11.6. The number of aryl methyl sites for hydroxylation is 2. The molecule has 0 atom stereocenters. The average molecular weight is 544 g/mol. The van der Waals surface area contributed by atoms with Gasteiger partial charge in [-0.25, -0.2) is 4.68 Å². The van der Waals surface area contributed by atoms with E-state index in [4.69, 9.17) is 4.74 Å². The molecule has 0 radical (unpaired) electrons. The number of benzene rings is 2. The summed E-state index contributed by atoms with van der Waals surface area (Å²) in [4.78, 5) is 15.7. The lowest BCUT2D eigenvalue weighted by molar-refractivity contribution is -0.00324. The highest BCUT2D eigenvalue weighted by atomic mass is 16.5. The molecule has 2 N–H and O–H groups in total. The molecule has 4 aromatic rings. The van der Waals surface area contributed by atoms with E-state index in [9.17, 15) is 9.90 Å². The summed E-state index contributed by atoms with van der Waals surface area (Å²) in [7, 11) is 3.57. The zero-order valence-electron chi connectivity index (χ0n) is 24.2. The van der Waals surface area contributed by atoms with Crippen molar-refractivity contribution in [2.45, 2.75) is 52.7 Å². The Morgan fingerprint density at radius 2 is 1.93 bits per heavy atom. The summed E-state index contributed by atoms with van der Waals surface area (Å²) in [5, 5.41) is 25.8. The molecule has 10 heteroatoms. The van der Waals surface area contributed by atoms with Gasteiger partial charge in [-0.2, -0.15) is 5.10 Å². The number of carbonyl (C=O) groups is 1. The Balaban J connectivity index is 1.44. The molecule has 10 nitrogen and oxygen atoms in total. The molecule has 1 saturated heterocycles. The fraction of sp³-hybridized carbons (Fsp3) is 0.400. The number of nitrogens with one attached hydrogen (secondary N) is 1. The van der Waals surface area contributed by atoms with Gasteiger partial charge in [0.2, 0.25) is 0 Å². The second kappa shape index (κ2) is 10.5. The van der Waals surface area contributed by atoms with Gasteiger partial charge in [-0.15, -0.1) is 5.10 Å². The fourth-order valence-corrected chi connectivity index (χ4v) is 5.05. The van der Waals surface area contributed by atoms with E-state index < -0.39 is 0 Å². The van der Waals surface area contributed by atoms with Gasteiger partial charge < -0.3 is 15.2 Å². The Hall–Kier alpha value is -4.02. The molecule has 0 saturated carbocycles. The normalized spacial score (nSPS) is 14.3. The predicted octanol–water partition coefficient (Wildman–Crippen LogP) is 4.02. The van der Waals surface area contributed by atoms with Crippen LogP contribution in [0.25, 0.3) is 16.9 Å². The number of nitrogens with zero attached hydrogens (tertiary/aromatic N) is 6. The van der Waals surface area contributed by atoms with Crippen molar-refractivity contribution in [3.63, 3.8) is 0 Å². The molecule has 0 spiro atoms. The van der Waals surface area contributed by atoms with Crippen LogP contribution in [0.3, 0.4) is 0 Å². The van der Waals surface area contributed by atoms with Gasteiger partial charge in [-0.3, -0.25) is 14.4 Å². The van der Waals surface area contributed by atoms with Crippen molar-refractivity contribution in [3.8, 4) is 22.7 Å². The van der Waals surface area contributed by atoms with Crippen LogP contribution >= 0.6 is 0 Å². The molecule has 40 heavy (non-hydrogen) atoms. The molecule has 210 valence electrons. The summed E-state index contributed by atoms with van der Waals surface area (Å²) in [5.74, 6) is 0.593. The summed E-state index contributed by atoms with van der Waals surface area (Å²) < 4.78 is 9.33. The van der Waals surface area contributed by atoms with E-state index in [1.165, 1.54) is 0 Å². The number of carbonyl (C=O) groups excluding carboxylic acids is 1. The largest absolute Gasteiger partial charge is 0.496 e. The maximum atomic E-state index is 13.5. The highest BCUT2D eigenvalue weighted by Crippen LogP contribution is 2.38. The van der Waals surface area contributed by atoms with Crippen molar-refractivity contribution in [2.75, 3.05) is 25.5 Å². The Morgan fingerprint density at radius 1 is 1.18 bits per heavy atom. The van der Waals surface area contributed by atoms with Gasteiger partial charge in [-0.05, 0) is 49.1 Å². The number of methoxy groups -OCH3 is 1. The summed E-state index contributed by atoms with van der Waals surface area (Å²) in [5.41, 5.74) is 7.36. The summed E-state index contributed by atoms with van der Waals surface area (Å²) in [6.45, 7) is 12.2. The van der Waals surface area contributed by atoms with Crippen LogP contribution < -0.4 is 10.1 Å². The maximum absolute atomic E-state index is 13.5. The van der Waals surface area contributed by atoms with Gasteiger partial charge >= 0.3 is 0 Å². The van der Waals surface area contributed by atoms with Crippen LogP contribution in [0, 0.1) is 13.8 Å². The van der Waals surface area contributed by atoms with Crippen LogP contribution in [-0.4, -0.2) is 67.0 Å². The van der Waals surface area contributed by atoms with Crippen LogP contribution in [0.15, 0.2) is 42.7 Å². The first-order valence-corrected chi connectivity index (χ1v) is 13.4. The maximum Gasteiger partial charge on any atom is 0.255 e. The van der Waals surface area contributed by atoms with Gasteiger partial charge in [0, 0.05) is 60.3 Å². The monoisotopic (exact) mass is 543 g/mol. The molecule has 2 aromatic heterocycles. The first-order chi connectivity index (χ1) is 18.9. The third-order valence-electron chi connectivity index (χ3n) is 7.49. The lowest BCUT2D eigenvalue weighted by Crippen LogP contribution is -2.49. The number of anilines is 1. The number of hydrogen-bond acceptors (Lipinski definition) is 7. The van der Waals surface area contributed by atoms with E-state index in [1.54, 1.807) is 22.7 Å². The second-order valence-corrected chi connectivity index (χ2v) is 11.6. The van der Waals surface area contributed by atoms with Crippen LogP contribution in [-0.2, 0) is 19.0 Å². The van der Waals surface area contributed by atoms with Gasteiger partial charge in [0.1, 0.15) is 11.4 Å². The molecule has 0 unspecified atom stereocenters. The SMILES string of the molecule is COc1c(CN2CC(O)C2)cc(NC(=O)c2ccc(C)c(-n3cc(-c4cnn(C)c4C)nn3)c2)cc1C(C)(C)C. The number of β-amino-alcohol motifs (C(OH)–C–C–N with tert-alkyl or cyclic N) is 1. The molecule has 2 aromatic carbocycles. The van der Waals surface area contributed by atoms with E-state index in [0.717, 1.165) is 45.1 Å². The van der Waals surface area contributed by atoms with Crippen molar-refractivity contribution in [2.24, 2.45) is 7.05 Å². The molecule has 3 heterocycles. The van der Waals surface area contributed by atoms with Crippen LogP contribution in [0.2, 0.25) is 0 Å². The van der Waals surface area contributed by atoms with Crippen LogP contribution in [0.5, 0.6) is 5.75 Å². The summed E-state index contributed by atoms with van der Waals surface area (Å²) in [6.07, 6.45) is 3.34. The van der Waals surface area contributed by atoms with E-state index in [1.807, 2.05) is 57.4 Å². The fourth-order valence-electron chi connectivity index (χ4n) is 5.05. The Labute approximate surface area is 234 Å². The van der Waals surface area contributed by atoms with E-state index in [-0.39, 0.29) is 17.4 Å². The first kappa shape index (κ1) is 27.5. The van der Waals surface area contributed by atoms with Crippen LogP contribution in [0.1, 0.15) is 53.5 Å². The minimum absolute atomic E-state index is 0.205. The molecule has 1 amide bonds. The minimum Gasteiger partial charge on any atom is -0.496 e. The molecule has 5 rings (SSSR count). The van der Waals surface area contributed by atoms with Gasteiger partial charge in [0.05, 0.1) is 31.3 Å². The molecular weight excluding hydrogens is 506 g/mol. The van der Waals surface area contributed by atoms with Gasteiger partial charge in [0.15, 0.2) is 0 Å². The van der Waals surface area contributed by atoms with E-state index in [2.05, 4.69) is 46.4 Å². The number of ether oxygens (including phenoxy) is 1. The lowest BCUT2D eigenvalue weighted by atomic mass is 9.84. The molecular formula is C30H37N7O3. The topological polar surface area (TPSA) is 110 Å². The summed E-state index contributed by atoms with van der Waals surface area (Å²) >= 11 is 0. The standard InChI is InChI=1S/C30H37N7O3/c1-18-8-9-20(11-27(18)37-17-26(33-34-37)24-13-31-35(6)19(24)2)29(39)32-22-10-21(14-36-15-23(38)16-36)28(40-7)25(12-22)30(3,4)5/h8-13,17,23,38H,14-16H2,1-7H3,(H,32,39). The molecule has 1 fully saturated rings. The van der Waals surface area contributed by atoms with Gasteiger partial charge in [-0.1, -0.05) is 32.1 Å². The first-order valence-electron chi connectivity index (χ1n) is 13.4. The molecule has 0 bridgehead atoms. The minimum atomic E-state index is -0.291. The van der Waals surface area contributed by atoms with E-state index >= 15 is 0 Å². The number of amides is 1. The Bertz CT molecular complexity index is 1560. The zero-order chi connectivity index (χ0) is 28.8. The van der Waals surface area contributed by atoms with Crippen molar-refractivity contribution in [1.82, 2.24) is 29.7 Å². The molecule has 0 aliphatic carbocycles. The Morgan fingerprint density at radius 3 is 2.55 bits per heavy atom. The Kier molecular flexibility index (Phi) is 7.24. The quantitative estimate of drug-likeness (QED) is 0.362.